The van der Waals surface area contributed by atoms with Gasteiger partial charge in [-0.3, -0.25) is 9.58 Å². The van der Waals surface area contributed by atoms with Gasteiger partial charge in [0.1, 0.15) is 5.65 Å². The molecule has 0 saturated carbocycles. The highest BCUT2D eigenvalue weighted by molar-refractivity contribution is 5.76. The van der Waals surface area contributed by atoms with E-state index in [0.717, 1.165) is 18.7 Å². The van der Waals surface area contributed by atoms with Crippen LogP contribution in [0.2, 0.25) is 0 Å². The molecule has 0 amide bonds. The van der Waals surface area contributed by atoms with E-state index in [1.807, 2.05) is 30.2 Å². The Balaban J connectivity index is 1.51. The molecule has 23 heavy (non-hydrogen) atoms. The van der Waals surface area contributed by atoms with E-state index in [1.54, 1.807) is 0 Å². The van der Waals surface area contributed by atoms with Crippen LogP contribution in [0.15, 0.2) is 30.6 Å². The first-order valence-corrected chi connectivity index (χ1v) is 8.34. The summed E-state index contributed by atoms with van der Waals surface area (Å²) in [6.07, 6.45) is 6.34. The third kappa shape index (κ3) is 2.77. The van der Waals surface area contributed by atoms with E-state index in [9.17, 15) is 0 Å². The van der Waals surface area contributed by atoms with Crippen molar-refractivity contribution >= 4 is 11.0 Å². The van der Waals surface area contributed by atoms with E-state index in [-0.39, 0.29) is 0 Å². The van der Waals surface area contributed by atoms with Crippen LogP contribution in [0.25, 0.3) is 11.0 Å². The molecule has 0 bridgehead atoms. The van der Waals surface area contributed by atoms with E-state index in [1.165, 1.54) is 41.7 Å². The van der Waals surface area contributed by atoms with Gasteiger partial charge in [0.05, 0.1) is 6.20 Å². The van der Waals surface area contributed by atoms with Gasteiger partial charge in [0.2, 0.25) is 0 Å². The van der Waals surface area contributed by atoms with E-state index in [2.05, 4.69) is 39.0 Å². The molecule has 1 N–H and O–H groups in total. The molecule has 1 aliphatic heterocycles. The maximum absolute atomic E-state index is 4.42. The number of aryl methyl sites for hydroxylation is 1. The number of pyridine rings is 1. The minimum Gasteiger partial charge on any atom is -0.343 e. The molecule has 3 aromatic rings. The standard InChI is InChI=1S/C18H23N5/c1-13-16(10-20-22(13)2)12-23-8-4-6-15(11-23)17-9-14-5-3-7-19-18(14)21-17/h3,5,7,9-10,15H,4,6,8,11-12H2,1-2H3,(H,19,21)/t15-/m1/s1. The van der Waals surface area contributed by atoms with Crippen LogP contribution < -0.4 is 0 Å². The molecule has 1 atom stereocenters. The number of hydrogen-bond donors (Lipinski definition) is 1. The van der Waals surface area contributed by atoms with Crippen molar-refractivity contribution in [1.29, 1.82) is 0 Å². The maximum Gasteiger partial charge on any atom is 0.137 e. The second-order valence-electron chi connectivity index (χ2n) is 6.62. The largest absolute Gasteiger partial charge is 0.343 e. The predicted octanol–water partition coefficient (Wildman–Crippen LogP) is 2.98. The monoisotopic (exact) mass is 309 g/mol. The Hall–Kier alpha value is -2.14. The molecule has 0 aromatic carbocycles. The van der Waals surface area contributed by atoms with E-state index in [0.29, 0.717) is 5.92 Å². The first kappa shape index (κ1) is 14.5. The number of rotatable bonds is 3. The van der Waals surface area contributed by atoms with Crippen molar-refractivity contribution in [3.05, 3.63) is 47.5 Å². The van der Waals surface area contributed by atoms with Crippen molar-refractivity contribution in [1.82, 2.24) is 24.6 Å². The zero-order chi connectivity index (χ0) is 15.8. The second kappa shape index (κ2) is 5.81. The van der Waals surface area contributed by atoms with Crippen molar-refractivity contribution in [2.24, 2.45) is 7.05 Å². The lowest BCUT2D eigenvalue weighted by Gasteiger charge is -2.32. The fourth-order valence-corrected chi connectivity index (χ4v) is 3.59. The Kier molecular flexibility index (Phi) is 3.65. The lowest BCUT2D eigenvalue weighted by Crippen LogP contribution is -2.34. The first-order chi connectivity index (χ1) is 11.2. The molecule has 1 aliphatic rings. The predicted molar refractivity (Wildman–Crippen MR) is 91.3 cm³/mol. The number of nitrogens with zero attached hydrogens (tertiary/aromatic N) is 4. The van der Waals surface area contributed by atoms with Gasteiger partial charge in [0.15, 0.2) is 0 Å². The fourth-order valence-electron chi connectivity index (χ4n) is 3.59. The van der Waals surface area contributed by atoms with E-state index in [4.69, 9.17) is 0 Å². The van der Waals surface area contributed by atoms with Crippen LogP contribution in [-0.2, 0) is 13.6 Å². The normalized spacial score (nSPS) is 19.5. The SMILES string of the molecule is Cc1c(CN2CCC[C@@H](c3cc4cccnc4[nH]3)C2)cnn1C. The van der Waals surface area contributed by atoms with Gasteiger partial charge in [-0.1, -0.05) is 0 Å². The van der Waals surface area contributed by atoms with Gasteiger partial charge in [0.25, 0.3) is 0 Å². The molecular formula is C18H23N5. The third-order valence-electron chi connectivity index (χ3n) is 5.09. The number of hydrogen-bond acceptors (Lipinski definition) is 3. The highest BCUT2D eigenvalue weighted by Gasteiger charge is 2.23. The van der Waals surface area contributed by atoms with Crippen LogP contribution in [0.5, 0.6) is 0 Å². The molecule has 5 heteroatoms. The molecule has 3 aromatic heterocycles. The van der Waals surface area contributed by atoms with Gasteiger partial charge in [-0.2, -0.15) is 5.10 Å². The van der Waals surface area contributed by atoms with Crippen LogP contribution in [0.1, 0.15) is 35.7 Å². The summed E-state index contributed by atoms with van der Waals surface area (Å²) in [4.78, 5) is 10.5. The van der Waals surface area contributed by atoms with Gasteiger partial charge < -0.3 is 4.98 Å². The summed E-state index contributed by atoms with van der Waals surface area (Å²) >= 11 is 0. The number of H-pyrrole nitrogens is 1. The van der Waals surface area contributed by atoms with Crippen molar-refractivity contribution in [3.63, 3.8) is 0 Å². The van der Waals surface area contributed by atoms with Crippen LogP contribution in [0.3, 0.4) is 0 Å². The molecular weight excluding hydrogens is 286 g/mol. The summed E-state index contributed by atoms with van der Waals surface area (Å²) in [5, 5.41) is 5.57. The maximum atomic E-state index is 4.42. The first-order valence-electron chi connectivity index (χ1n) is 8.34. The molecule has 4 heterocycles. The number of likely N-dealkylation sites (tertiary alicyclic amines) is 1. The number of aromatic nitrogens is 4. The summed E-state index contributed by atoms with van der Waals surface area (Å²) < 4.78 is 1.96. The summed E-state index contributed by atoms with van der Waals surface area (Å²) in [7, 11) is 2.01. The number of piperidine rings is 1. The molecule has 1 saturated heterocycles. The number of fused-ring (bicyclic) bond motifs is 1. The number of aromatic amines is 1. The summed E-state index contributed by atoms with van der Waals surface area (Å²) in [5.74, 6) is 0.565. The Morgan fingerprint density at radius 3 is 3.09 bits per heavy atom. The van der Waals surface area contributed by atoms with E-state index < -0.39 is 0 Å². The lowest BCUT2D eigenvalue weighted by atomic mass is 9.94. The molecule has 1 fully saturated rings. The molecule has 4 rings (SSSR count). The van der Waals surface area contributed by atoms with Crippen molar-refractivity contribution in [3.8, 4) is 0 Å². The van der Waals surface area contributed by atoms with Gasteiger partial charge in [0, 0.05) is 54.6 Å². The Bertz CT molecular complexity index is 783. The highest BCUT2D eigenvalue weighted by Crippen LogP contribution is 2.29. The third-order valence-corrected chi connectivity index (χ3v) is 5.09. The Morgan fingerprint density at radius 2 is 2.30 bits per heavy atom. The van der Waals surface area contributed by atoms with Crippen molar-refractivity contribution < 1.29 is 0 Å². The molecule has 0 unspecified atom stereocenters. The Labute approximate surface area is 136 Å². The second-order valence-corrected chi connectivity index (χ2v) is 6.62. The minimum atomic E-state index is 0.565. The molecule has 0 aliphatic carbocycles. The van der Waals surface area contributed by atoms with E-state index >= 15 is 0 Å². The zero-order valence-corrected chi connectivity index (χ0v) is 13.8. The fraction of sp³-hybridized carbons (Fsp3) is 0.444. The number of nitrogens with one attached hydrogen (secondary N) is 1. The van der Waals surface area contributed by atoms with Gasteiger partial charge >= 0.3 is 0 Å². The summed E-state index contributed by atoms with van der Waals surface area (Å²) in [6, 6.07) is 6.39. The summed E-state index contributed by atoms with van der Waals surface area (Å²) in [6.45, 7) is 5.41. The lowest BCUT2D eigenvalue weighted by molar-refractivity contribution is 0.198. The zero-order valence-electron chi connectivity index (χ0n) is 13.8. The molecule has 120 valence electrons. The average Bonchev–Trinajstić information content (AvgIpc) is 3.14. The van der Waals surface area contributed by atoms with Crippen LogP contribution in [-0.4, -0.2) is 37.7 Å². The quantitative estimate of drug-likeness (QED) is 0.809. The summed E-state index contributed by atoms with van der Waals surface area (Å²) in [5.41, 5.74) is 4.93. The average molecular weight is 309 g/mol. The highest BCUT2D eigenvalue weighted by atomic mass is 15.3. The van der Waals surface area contributed by atoms with Gasteiger partial charge in [-0.25, -0.2) is 4.98 Å². The van der Waals surface area contributed by atoms with Crippen LogP contribution >= 0.6 is 0 Å². The van der Waals surface area contributed by atoms with Crippen LogP contribution in [0.4, 0.5) is 0 Å². The van der Waals surface area contributed by atoms with Crippen molar-refractivity contribution in [2.75, 3.05) is 13.1 Å². The smallest absolute Gasteiger partial charge is 0.137 e. The Morgan fingerprint density at radius 1 is 1.39 bits per heavy atom. The topological polar surface area (TPSA) is 49.7 Å². The van der Waals surface area contributed by atoms with Gasteiger partial charge in [-0.15, -0.1) is 0 Å². The van der Waals surface area contributed by atoms with Crippen LogP contribution in [0, 0.1) is 6.92 Å². The van der Waals surface area contributed by atoms with Gasteiger partial charge in [-0.05, 0) is 44.5 Å². The molecule has 0 radical (unpaired) electrons. The molecule has 0 spiro atoms. The molecule has 5 nitrogen and oxygen atoms in total. The minimum absolute atomic E-state index is 0.565. The van der Waals surface area contributed by atoms with Crippen molar-refractivity contribution in [2.45, 2.75) is 32.2 Å².